The van der Waals surface area contributed by atoms with Crippen molar-refractivity contribution < 1.29 is 9.59 Å². The van der Waals surface area contributed by atoms with Gasteiger partial charge in [0.05, 0.1) is 5.41 Å². The van der Waals surface area contributed by atoms with Crippen LogP contribution in [0.3, 0.4) is 0 Å². The maximum atomic E-state index is 12.8. The number of halogens is 1. The number of nitrogens with one attached hydrogen (secondary N) is 2. The van der Waals surface area contributed by atoms with Crippen LogP contribution in [-0.2, 0) is 11.3 Å². The molecular weight excluding hydrogens is 362 g/mol. The molecule has 1 aliphatic rings. The molecule has 1 heterocycles. The summed E-state index contributed by atoms with van der Waals surface area (Å²) in [5.74, 6) is -0.0182. The number of rotatable bonds is 4. The third kappa shape index (κ3) is 5.01. The van der Waals surface area contributed by atoms with Gasteiger partial charge in [0.2, 0.25) is 5.91 Å². The summed E-state index contributed by atoms with van der Waals surface area (Å²) in [6.45, 7) is 3.45. The highest BCUT2D eigenvalue weighted by Crippen LogP contribution is 2.30. The molecule has 1 fully saturated rings. The van der Waals surface area contributed by atoms with Crippen molar-refractivity contribution in [3.05, 3.63) is 65.2 Å². The second kappa shape index (κ2) is 8.44. The lowest BCUT2D eigenvalue weighted by Crippen LogP contribution is -2.52. The number of urea groups is 1. The van der Waals surface area contributed by atoms with Crippen LogP contribution in [0.4, 0.5) is 10.5 Å². The Balaban J connectivity index is 1.58. The first-order valence-electron chi connectivity index (χ1n) is 9.10. The Kier molecular flexibility index (Phi) is 6.01. The molecule has 0 aliphatic carbocycles. The number of carbonyl (C=O) groups is 2. The van der Waals surface area contributed by atoms with E-state index in [1.807, 2.05) is 37.3 Å². The van der Waals surface area contributed by atoms with Crippen LogP contribution >= 0.6 is 11.6 Å². The summed E-state index contributed by atoms with van der Waals surface area (Å²) < 4.78 is 0. The monoisotopic (exact) mass is 385 g/mol. The molecule has 1 aliphatic heterocycles. The van der Waals surface area contributed by atoms with Gasteiger partial charge in [0.1, 0.15) is 0 Å². The van der Waals surface area contributed by atoms with Gasteiger partial charge in [-0.1, -0.05) is 41.9 Å². The van der Waals surface area contributed by atoms with Crippen molar-refractivity contribution in [3.8, 4) is 0 Å². The zero-order valence-corrected chi connectivity index (χ0v) is 16.1. The second-order valence-corrected chi connectivity index (χ2v) is 7.63. The summed E-state index contributed by atoms with van der Waals surface area (Å²) in [4.78, 5) is 27.1. The van der Waals surface area contributed by atoms with Crippen LogP contribution in [0.25, 0.3) is 0 Å². The summed E-state index contributed by atoms with van der Waals surface area (Å²) in [7, 11) is 0. The van der Waals surface area contributed by atoms with Crippen LogP contribution in [0.2, 0.25) is 5.02 Å². The normalized spacial score (nSPS) is 19.4. The molecule has 142 valence electrons. The molecule has 5 nitrogen and oxygen atoms in total. The van der Waals surface area contributed by atoms with E-state index in [1.165, 1.54) is 0 Å². The molecule has 1 unspecified atom stereocenters. The fourth-order valence-electron chi connectivity index (χ4n) is 3.33. The van der Waals surface area contributed by atoms with Crippen molar-refractivity contribution in [2.45, 2.75) is 26.3 Å². The summed E-state index contributed by atoms with van der Waals surface area (Å²) in [5.41, 5.74) is 1.15. The molecule has 0 saturated carbocycles. The maximum absolute atomic E-state index is 12.8. The number of amides is 3. The van der Waals surface area contributed by atoms with Crippen LogP contribution in [0.1, 0.15) is 25.3 Å². The van der Waals surface area contributed by atoms with Gasteiger partial charge in [-0.25, -0.2) is 4.79 Å². The van der Waals surface area contributed by atoms with Crippen LogP contribution in [0.15, 0.2) is 54.6 Å². The predicted octanol–water partition coefficient (Wildman–Crippen LogP) is 4.29. The van der Waals surface area contributed by atoms with Gasteiger partial charge in [-0.3, -0.25) is 4.79 Å². The van der Waals surface area contributed by atoms with E-state index in [0.717, 1.165) is 18.4 Å². The lowest BCUT2D eigenvalue weighted by atomic mass is 9.81. The highest BCUT2D eigenvalue weighted by molar-refractivity contribution is 6.30. The number of likely N-dealkylation sites (tertiary alicyclic amines) is 1. The van der Waals surface area contributed by atoms with Gasteiger partial charge < -0.3 is 15.5 Å². The average molecular weight is 386 g/mol. The zero-order valence-electron chi connectivity index (χ0n) is 15.4. The minimum absolute atomic E-state index is 0.0182. The fourth-order valence-corrected chi connectivity index (χ4v) is 3.45. The van der Waals surface area contributed by atoms with E-state index in [4.69, 9.17) is 11.6 Å². The summed E-state index contributed by atoms with van der Waals surface area (Å²) >= 11 is 5.88. The fraction of sp³-hybridized carbons (Fsp3) is 0.333. The smallest absolute Gasteiger partial charge is 0.321 e. The van der Waals surface area contributed by atoms with E-state index >= 15 is 0 Å². The predicted molar refractivity (Wildman–Crippen MR) is 108 cm³/mol. The SMILES string of the molecule is CC1(C(=O)NCc2ccccc2)CCCN(C(=O)Nc2ccc(Cl)cc2)C1. The maximum Gasteiger partial charge on any atom is 0.321 e. The van der Waals surface area contributed by atoms with Crippen molar-refractivity contribution in [3.63, 3.8) is 0 Å². The highest BCUT2D eigenvalue weighted by atomic mass is 35.5. The lowest BCUT2D eigenvalue weighted by Gasteiger charge is -2.39. The number of nitrogens with zero attached hydrogens (tertiary/aromatic N) is 1. The highest BCUT2D eigenvalue weighted by Gasteiger charge is 2.39. The van der Waals surface area contributed by atoms with Crippen molar-refractivity contribution in [1.82, 2.24) is 10.2 Å². The number of hydrogen-bond acceptors (Lipinski definition) is 2. The summed E-state index contributed by atoms with van der Waals surface area (Å²) in [6.07, 6.45) is 1.56. The van der Waals surface area contributed by atoms with Crippen LogP contribution in [-0.4, -0.2) is 29.9 Å². The standard InChI is InChI=1S/C21H24ClN3O2/c1-21(19(26)23-14-16-6-3-2-4-7-16)12-5-13-25(15-21)20(27)24-18-10-8-17(22)9-11-18/h2-4,6-11H,5,12-15H2,1H3,(H,23,26)(H,24,27). The van der Waals surface area contributed by atoms with Crippen LogP contribution in [0.5, 0.6) is 0 Å². The van der Waals surface area contributed by atoms with Gasteiger partial charge >= 0.3 is 6.03 Å². The molecule has 0 radical (unpaired) electrons. The number of piperidine rings is 1. The third-order valence-corrected chi connectivity index (χ3v) is 5.18. The van der Waals surface area contributed by atoms with E-state index in [9.17, 15) is 9.59 Å². The lowest BCUT2D eigenvalue weighted by molar-refractivity contribution is -0.132. The third-order valence-electron chi connectivity index (χ3n) is 4.92. The Morgan fingerprint density at radius 2 is 1.81 bits per heavy atom. The number of anilines is 1. The first-order chi connectivity index (χ1) is 13.0. The van der Waals surface area contributed by atoms with Crippen molar-refractivity contribution in [1.29, 1.82) is 0 Å². The van der Waals surface area contributed by atoms with Crippen LogP contribution in [0, 0.1) is 5.41 Å². The molecule has 3 amide bonds. The molecule has 0 aromatic heterocycles. The number of carbonyl (C=O) groups excluding carboxylic acids is 2. The molecule has 3 rings (SSSR count). The Hall–Kier alpha value is -2.53. The summed E-state index contributed by atoms with van der Waals surface area (Å²) in [6, 6.07) is 16.6. The molecule has 2 N–H and O–H groups in total. The Labute approximate surface area is 164 Å². The largest absolute Gasteiger partial charge is 0.351 e. The first-order valence-corrected chi connectivity index (χ1v) is 9.48. The van der Waals surface area contributed by atoms with E-state index in [1.54, 1.807) is 29.2 Å². The summed E-state index contributed by atoms with van der Waals surface area (Å²) in [5, 5.41) is 6.50. The Morgan fingerprint density at radius 3 is 2.52 bits per heavy atom. The van der Waals surface area contributed by atoms with Crippen molar-refractivity contribution in [2.24, 2.45) is 5.41 Å². The molecular formula is C21H24ClN3O2. The molecule has 0 spiro atoms. The topological polar surface area (TPSA) is 61.4 Å². The molecule has 2 aromatic carbocycles. The van der Waals surface area contributed by atoms with Gasteiger partial charge in [0, 0.05) is 30.3 Å². The van der Waals surface area contributed by atoms with Crippen molar-refractivity contribution >= 4 is 29.2 Å². The van der Waals surface area contributed by atoms with E-state index in [2.05, 4.69) is 10.6 Å². The van der Waals surface area contributed by atoms with Crippen molar-refractivity contribution in [2.75, 3.05) is 18.4 Å². The second-order valence-electron chi connectivity index (χ2n) is 7.19. The molecule has 6 heteroatoms. The zero-order chi connectivity index (χ0) is 19.3. The molecule has 1 saturated heterocycles. The molecule has 1 atom stereocenters. The van der Waals surface area contributed by atoms with E-state index in [0.29, 0.717) is 30.3 Å². The molecule has 2 aromatic rings. The first kappa shape index (κ1) is 19.2. The minimum Gasteiger partial charge on any atom is -0.351 e. The average Bonchev–Trinajstić information content (AvgIpc) is 2.68. The van der Waals surface area contributed by atoms with Gasteiger partial charge in [-0.2, -0.15) is 0 Å². The van der Waals surface area contributed by atoms with Gasteiger partial charge in [-0.15, -0.1) is 0 Å². The van der Waals surface area contributed by atoms with Crippen LogP contribution < -0.4 is 10.6 Å². The Bertz CT molecular complexity index is 795. The van der Waals surface area contributed by atoms with E-state index < -0.39 is 5.41 Å². The Morgan fingerprint density at radius 1 is 1.11 bits per heavy atom. The van der Waals surface area contributed by atoms with Gasteiger partial charge in [-0.05, 0) is 49.6 Å². The minimum atomic E-state index is -0.593. The number of benzene rings is 2. The quantitative estimate of drug-likeness (QED) is 0.824. The van der Waals surface area contributed by atoms with Gasteiger partial charge in [0.15, 0.2) is 0 Å². The van der Waals surface area contributed by atoms with E-state index in [-0.39, 0.29) is 11.9 Å². The number of hydrogen-bond donors (Lipinski definition) is 2. The molecule has 0 bridgehead atoms. The molecule has 27 heavy (non-hydrogen) atoms. The van der Waals surface area contributed by atoms with Gasteiger partial charge in [0.25, 0.3) is 0 Å².